The standard InChI is InChI=1S/C14H20BrNO2/c1-11-8-16(10-14(7-15)18-11)9-12-3-5-13(17-2)6-4-12/h3-6,11,14H,7-10H2,1-2H3. The predicted octanol–water partition coefficient (Wildman–Crippen LogP) is 2.68. The molecule has 1 aliphatic rings. The first-order valence-electron chi connectivity index (χ1n) is 6.28. The average Bonchev–Trinajstić information content (AvgIpc) is 2.39. The summed E-state index contributed by atoms with van der Waals surface area (Å²) in [5, 5.41) is 0.899. The maximum Gasteiger partial charge on any atom is 0.118 e. The minimum absolute atomic E-state index is 0.298. The van der Waals surface area contributed by atoms with Gasteiger partial charge in [0.2, 0.25) is 0 Å². The highest BCUT2D eigenvalue weighted by molar-refractivity contribution is 9.09. The van der Waals surface area contributed by atoms with Gasteiger partial charge in [0.05, 0.1) is 19.3 Å². The fourth-order valence-electron chi connectivity index (χ4n) is 2.34. The molecule has 2 unspecified atom stereocenters. The molecule has 0 saturated carbocycles. The molecule has 1 aromatic carbocycles. The second-order valence-corrected chi connectivity index (χ2v) is 5.41. The van der Waals surface area contributed by atoms with Gasteiger partial charge in [-0.15, -0.1) is 0 Å². The fraction of sp³-hybridized carbons (Fsp3) is 0.571. The summed E-state index contributed by atoms with van der Waals surface area (Å²) in [6.45, 7) is 5.09. The Balaban J connectivity index is 1.95. The van der Waals surface area contributed by atoms with Gasteiger partial charge in [-0.3, -0.25) is 4.90 Å². The monoisotopic (exact) mass is 313 g/mol. The summed E-state index contributed by atoms with van der Waals surface area (Å²) < 4.78 is 11.0. The zero-order valence-corrected chi connectivity index (χ0v) is 12.5. The Labute approximate surface area is 117 Å². The summed E-state index contributed by atoms with van der Waals surface area (Å²) in [4.78, 5) is 2.45. The maximum atomic E-state index is 5.83. The third-order valence-electron chi connectivity index (χ3n) is 3.14. The van der Waals surface area contributed by atoms with Crippen LogP contribution in [-0.4, -0.2) is 42.6 Å². The number of methoxy groups -OCH3 is 1. The molecule has 100 valence electrons. The van der Waals surface area contributed by atoms with Crippen LogP contribution in [0.25, 0.3) is 0 Å². The van der Waals surface area contributed by atoms with Crippen molar-refractivity contribution in [2.75, 3.05) is 25.5 Å². The molecule has 2 atom stereocenters. The van der Waals surface area contributed by atoms with E-state index in [-0.39, 0.29) is 0 Å². The molecular formula is C14H20BrNO2. The van der Waals surface area contributed by atoms with Crippen LogP contribution in [-0.2, 0) is 11.3 Å². The molecule has 0 aliphatic carbocycles. The third kappa shape index (κ3) is 3.70. The molecular weight excluding hydrogens is 294 g/mol. The fourth-order valence-corrected chi connectivity index (χ4v) is 2.70. The van der Waals surface area contributed by atoms with Gasteiger partial charge < -0.3 is 9.47 Å². The van der Waals surface area contributed by atoms with E-state index in [9.17, 15) is 0 Å². The summed E-state index contributed by atoms with van der Waals surface area (Å²) in [6.07, 6.45) is 0.603. The van der Waals surface area contributed by atoms with Crippen LogP contribution < -0.4 is 4.74 Å². The molecule has 0 bridgehead atoms. The predicted molar refractivity (Wildman–Crippen MR) is 76.4 cm³/mol. The summed E-state index contributed by atoms with van der Waals surface area (Å²) in [7, 11) is 1.69. The van der Waals surface area contributed by atoms with Crippen LogP contribution in [0.2, 0.25) is 0 Å². The molecule has 0 spiro atoms. The molecule has 0 radical (unpaired) electrons. The molecule has 1 aromatic rings. The first-order chi connectivity index (χ1) is 8.71. The number of nitrogens with zero attached hydrogens (tertiary/aromatic N) is 1. The van der Waals surface area contributed by atoms with E-state index in [1.54, 1.807) is 7.11 Å². The molecule has 18 heavy (non-hydrogen) atoms. The maximum absolute atomic E-state index is 5.83. The van der Waals surface area contributed by atoms with E-state index in [1.165, 1.54) is 5.56 Å². The van der Waals surface area contributed by atoms with E-state index < -0.39 is 0 Å². The van der Waals surface area contributed by atoms with Crippen LogP contribution in [0.3, 0.4) is 0 Å². The Hall–Kier alpha value is -0.580. The Morgan fingerprint density at radius 1 is 1.33 bits per heavy atom. The summed E-state index contributed by atoms with van der Waals surface area (Å²) in [5.74, 6) is 0.910. The molecule has 2 rings (SSSR count). The molecule has 0 aromatic heterocycles. The Morgan fingerprint density at radius 2 is 2.06 bits per heavy atom. The smallest absolute Gasteiger partial charge is 0.118 e. The Kier molecular flexibility index (Phi) is 5.03. The van der Waals surface area contributed by atoms with Gasteiger partial charge in [-0.2, -0.15) is 0 Å². The number of morpholine rings is 1. The highest BCUT2D eigenvalue weighted by Gasteiger charge is 2.24. The van der Waals surface area contributed by atoms with Crippen LogP contribution in [0.4, 0.5) is 0 Å². The largest absolute Gasteiger partial charge is 0.497 e. The molecule has 4 heteroatoms. The number of hydrogen-bond acceptors (Lipinski definition) is 3. The molecule has 0 amide bonds. The van der Waals surface area contributed by atoms with E-state index in [1.807, 2.05) is 12.1 Å². The SMILES string of the molecule is COc1ccc(CN2CC(C)OC(CBr)C2)cc1. The zero-order valence-electron chi connectivity index (χ0n) is 10.9. The second-order valence-electron chi connectivity index (χ2n) is 4.77. The van der Waals surface area contributed by atoms with Gasteiger partial charge in [0, 0.05) is 25.0 Å². The lowest BCUT2D eigenvalue weighted by atomic mass is 10.1. The minimum atomic E-state index is 0.298. The molecule has 3 nitrogen and oxygen atoms in total. The molecule has 1 aliphatic heterocycles. The zero-order chi connectivity index (χ0) is 13.0. The normalized spacial score (nSPS) is 25.1. The van der Waals surface area contributed by atoms with Crippen molar-refractivity contribution in [2.24, 2.45) is 0 Å². The van der Waals surface area contributed by atoms with Gasteiger partial charge >= 0.3 is 0 Å². The number of alkyl halides is 1. The second kappa shape index (κ2) is 6.55. The van der Waals surface area contributed by atoms with Crippen molar-refractivity contribution in [1.29, 1.82) is 0 Å². The van der Waals surface area contributed by atoms with Gasteiger partial charge in [0.1, 0.15) is 5.75 Å². The number of benzene rings is 1. The first kappa shape index (κ1) is 13.8. The van der Waals surface area contributed by atoms with E-state index in [4.69, 9.17) is 9.47 Å². The topological polar surface area (TPSA) is 21.7 Å². The number of halogens is 1. The Bertz CT molecular complexity index is 369. The van der Waals surface area contributed by atoms with Crippen molar-refractivity contribution in [3.05, 3.63) is 29.8 Å². The Morgan fingerprint density at radius 3 is 2.67 bits per heavy atom. The quantitative estimate of drug-likeness (QED) is 0.798. The third-order valence-corrected chi connectivity index (χ3v) is 3.86. The molecule has 0 N–H and O–H groups in total. The summed E-state index contributed by atoms with van der Waals surface area (Å²) in [6, 6.07) is 8.28. The molecule has 1 heterocycles. The van der Waals surface area contributed by atoms with Crippen molar-refractivity contribution in [3.8, 4) is 5.75 Å². The highest BCUT2D eigenvalue weighted by atomic mass is 79.9. The van der Waals surface area contributed by atoms with Crippen LogP contribution in [0.15, 0.2) is 24.3 Å². The summed E-state index contributed by atoms with van der Waals surface area (Å²) >= 11 is 3.50. The molecule has 1 saturated heterocycles. The van der Waals surface area contributed by atoms with E-state index >= 15 is 0 Å². The van der Waals surface area contributed by atoms with Crippen molar-refractivity contribution in [1.82, 2.24) is 4.90 Å². The lowest BCUT2D eigenvalue weighted by Crippen LogP contribution is -2.46. The van der Waals surface area contributed by atoms with Gasteiger partial charge in [-0.1, -0.05) is 28.1 Å². The number of rotatable bonds is 4. The van der Waals surface area contributed by atoms with Crippen LogP contribution in [0.1, 0.15) is 12.5 Å². The van der Waals surface area contributed by atoms with E-state index in [0.29, 0.717) is 12.2 Å². The van der Waals surface area contributed by atoms with Gasteiger partial charge in [0.25, 0.3) is 0 Å². The van der Waals surface area contributed by atoms with Gasteiger partial charge in [0.15, 0.2) is 0 Å². The average molecular weight is 314 g/mol. The van der Waals surface area contributed by atoms with Crippen molar-refractivity contribution < 1.29 is 9.47 Å². The lowest BCUT2D eigenvalue weighted by molar-refractivity contribution is -0.0678. The number of hydrogen-bond donors (Lipinski definition) is 0. The first-order valence-corrected chi connectivity index (χ1v) is 7.40. The van der Waals surface area contributed by atoms with Gasteiger partial charge in [-0.05, 0) is 24.6 Å². The van der Waals surface area contributed by atoms with Crippen LogP contribution in [0.5, 0.6) is 5.75 Å². The van der Waals surface area contributed by atoms with Crippen LogP contribution in [0, 0.1) is 0 Å². The summed E-state index contributed by atoms with van der Waals surface area (Å²) in [5.41, 5.74) is 1.32. The van der Waals surface area contributed by atoms with Gasteiger partial charge in [-0.25, -0.2) is 0 Å². The number of ether oxygens (including phenoxy) is 2. The van der Waals surface area contributed by atoms with Crippen LogP contribution >= 0.6 is 15.9 Å². The lowest BCUT2D eigenvalue weighted by Gasteiger charge is -2.36. The van der Waals surface area contributed by atoms with E-state index in [2.05, 4.69) is 39.9 Å². The van der Waals surface area contributed by atoms with Crippen molar-refractivity contribution in [3.63, 3.8) is 0 Å². The minimum Gasteiger partial charge on any atom is -0.497 e. The highest BCUT2D eigenvalue weighted by Crippen LogP contribution is 2.17. The van der Waals surface area contributed by atoms with E-state index in [0.717, 1.165) is 30.7 Å². The molecule has 1 fully saturated rings. The van der Waals surface area contributed by atoms with Crippen molar-refractivity contribution >= 4 is 15.9 Å². The van der Waals surface area contributed by atoms with Crippen molar-refractivity contribution in [2.45, 2.75) is 25.7 Å².